The van der Waals surface area contributed by atoms with Gasteiger partial charge < -0.3 is 9.64 Å². The largest absolute Gasteiger partial charge is 0.468 e. The Morgan fingerprint density at radius 2 is 2.05 bits per heavy atom. The van der Waals surface area contributed by atoms with E-state index in [0.29, 0.717) is 0 Å². The molecule has 1 unspecified atom stereocenters. The lowest BCUT2D eigenvalue weighted by Crippen LogP contribution is -2.50. The summed E-state index contributed by atoms with van der Waals surface area (Å²) in [6.45, 7) is 0.245. The molecular weight excluding hydrogens is 266 g/mol. The third-order valence-electron chi connectivity index (χ3n) is 3.34. The Balaban J connectivity index is 2.06. The molecule has 0 spiro atoms. The van der Waals surface area contributed by atoms with E-state index in [1.807, 2.05) is 0 Å². The van der Waals surface area contributed by atoms with Crippen molar-refractivity contribution in [3.8, 4) is 0 Å². The van der Waals surface area contributed by atoms with Gasteiger partial charge in [0.1, 0.15) is 11.6 Å². The van der Waals surface area contributed by atoms with Gasteiger partial charge in [-0.05, 0) is 0 Å². The smallest absolute Gasteiger partial charge is 0.318 e. The number of Topliss-reactive ketones (excluding diaryl/α,β-unsaturated/α-hetero) is 1. The molecular formula is C12H15N3O5. The van der Waals surface area contributed by atoms with Gasteiger partial charge in [0.2, 0.25) is 5.91 Å². The molecule has 2 rings (SSSR count). The number of piperidine rings is 1. The first-order chi connectivity index (χ1) is 9.52. The van der Waals surface area contributed by atoms with Crippen molar-refractivity contribution in [3.05, 3.63) is 0 Å². The molecule has 0 aliphatic carbocycles. The van der Waals surface area contributed by atoms with Gasteiger partial charge in [-0.1, -0.05) is 0 Å². The second-order valence-electron chi connectivity index (χ2n) is 4.64. The van der Waals surface area contributed by atoms with Crippen molar-refractivity contribution < 1.29 is 23.9 Å². The van der Waals surface area contributed by atoms with E-state index in [-0.39, 0.29) is 55.7 Å². The lowest BCUT2D eigenvalue weighted by Gasteiger charge is -2.31. The van der Waals surface area contributed by atoms with Gasteiger partial charge in [-0.15, -0.1) is 0 Å². The second-order valence-corrected chi connectivity index (χ2v) is 4.64. The highest BCUT2D eigenvalue weighted by atomic mass is 16.5. The zero-order valence-electron chi connectivity index (χ0n) is 11.0. The number of carbonyl (C=O) groups excluding carboxylic acids is 4. The van der Waals surface area contributed by atoms with Gasteiger partial charge in [-0.2, -0.15) is 5.10 Å². The van der Waals surface area contributed by atoms with Crippen LogP contribution in [0.4, 0.5) is 0 Å². The Labute approximate surface area is 115 Å². The summed E-state index contributed by atoms with van der Waals surface area (Å²) >= 11 is 0. The molecule has 0 saturated carbocycles. The molecule has 1 fully saturated rings. The van der Waals surface area contributed by atoms with E-state index in [1.165, 1.54) is 12.0 Å². The van der Waals surface area contributed by atoms with Gasteiger partial charge in [0, 0.05) is 32.4 Å². The fraction of sp³-hybridized carbons (Fsp3) is 0.583. The first-order valence-electron chi connectivity index (χ1n) is 6.28. The summed E-state index contributed by atoms with van der Waals surface area (Å²) in [4.78, 5) is 47.7. The number of nitrogens with one attached hydrogen (secondary N) is 1. The maximum absolute atomic E-state index is 12.2. The zero-order chi connectivity index (χ0) is 14.7. The number of ether oxygens (including phenoxy) is 1. The van der Waals surface area contributed by atoms with Crippen molar-refractivity contribution in [3.63, 3.8) is 0 Å². The molecule has 0 radical (unpaired) electrons. The quantitative estimate of drug-likeness (QED) is 0.508. The summed E-state index contributed by atoms with van der Waals surface area (Å²) in [6, 6.07) is 0. The van der Waals surface area contributed by atoms with E-state index in [2.05, 4.69) is 15.3 Å². The number of methoxy groups -OCH3 is 1. The van der Waals surface area contributed by atoms with Crippen LogP contribution >= 0.6 is 0 Å². The van der Waals surface area contributed by atoms with E-state index in [9.17, 15) is 19.2 Å². The minimum atomic E-state index is -0.934. The van der Waals surface area contributed by atoms with Crippen molar-refractivity contribution >= 4 is 29.3 Å². The summed E-state index contributed by atoms with van der Waals surface area (Å²) in [5.41, 5.74) is 2.49. The van der Waals surface area contributed by atoms with E-state index in [0.717, 1.165) is 0 Å². The first-order valence-corrected chi connectivity index (χ1v) is 6.28. The van der Waals surface area contributed by atoms with E-state index in [4.69, 9.17) is 0 Å². The van der Waals surface area contributed by atoms with Gasteiger partial charge in [-0.25, -0.2) is 5.43 Å². The predicted molar refractivity (Wildman–Crippen MR) is 66.5 cm³/mol. The number of carbonyl (C=O) groups is 4. The number of likely N-dealkylation sites (tertiary alicyclic amines) is 1. The number of esters is 1. The van der Waals surface area contributed by atoms with Gasteiger partial charge in [0.25, 0.3) is 5.91 Å². The number of amides is 2. The van der Waals surface area contributed by atoms with Gasteiger partial charge in [-0.3, -0.25) is 19.2 Å². The highest BCUT2D eigenvalue weighted by molar-refractivity contribution is 6.39. The first kappa shape index (κ1) is 14.2. The fourth-order valence-electron chi connectivity index (χ4n) is 2.18. The topological polar surface area (TPSA) is 105 Å². The Kier molecular flexibility index (Phi) is 4.11. The normalized spacial score (nSPS) is 22.9. The van der Waals surface area contributed by atoms with Crippen LogP contribution in [0.25, 0.3) is 0 Å². The minimum absolute atomic E-state index is 0.00267. The fourth-order valence-corrected chi connectivity index (χ4v) is 2.18. The molecule has 2 aliphatic rings. The van der Waals surface area contributed by atoms with E-state index >= 15 is 0 Å². The summed E-state index contributed by atoms with van der Waals surface area (Å²) in [5.74, 6) is -2.38. The third kappa shape index (κ3) is 2.84. The van der Waals surface area contributed by atoms with Crippen LogP contribution in [-0.2, 0) is 23.9 Å². The van der Waals surface area contributed by atoms with Crippen LogP contribution in [0.2, 0.25) is 0 Å². The van der Waals surface area contributed by atoms with E-state index in [1.54, 1.807) is 0 Å². The van der Waals surface area contributed by atoms with Gasteiger partial charge in [0.05, 0.1) is 7.11 Å². The maximum atomic E-state index is 12.2. The van der Waals surface area contributed by atoms with Crippen molar-refractivity contribution in [2.75, 3.05) is 20.2 Å². The standard InChI is InChI=1S/C12H15N3O5/c1-20-12(19)7-6-15(5-4-9(7)16)11(18)8-2-3-10(17)14-13-8/h7H,2-6H2,1H3,(H,14,17). The van der Waals surface area contributed by atoms with Crippen LogP contribution < -0.4 is 5.43 Å². The average Bonchev–Trinajstić information content (AvgIpc) is 2.47. The molecule has 2 aliphatic heterocycles. The van der Waals surface area contributed by atoms with Gasteiger partial charge in [0.15, 0.2) is 5.78 Å². The Morgan fingerprint density at radius 3 is 2.65 bits per heavy atom. The Bertz CT molecular complexity index is 491. The second kappa shape index (κ2) is 5.81. The molecule has 0 bridgehead atoms. The molecule has 2 amide bonds. The van der Waals surface area contributed by atoms with E-state index < -0.39 is 11.9 Å². The van der Waals surface area contributed by atoms with Gasteiger partial charge >= 0.3 is 5.97 Å². The molecule has 1 atom stereocenters. The monoisotopic (exact) mass is 281 g/mol. The van der Waals surface area contributed by atoms with Crippen molar-refractivity contribution in [1.29, 1.82) is 0 Å². The SMILES string of the molecule is COC(=O)C1CN(C(=O)C2=NNC(=O)CC2)CCC1=O. The Morgan fingerprint density at radius 1 is 1.30 bits per heavy atom. The predicted octanol–water partition coefficient (Wildman–Crippen LogP) is -1.16. The number of hydrazone groups is 1. The summed E-state index contributed by atoms with van der Waals surface area (Å²) in [7, 11) is 1.21. The van der Waals surface area contributed by atoms with Crippen molar-refractivity contribution in [2.45, 2.75) is 19.3 Å². The highest BCUT2D eigenvalue weighted by Crippen LogP contribution is 2.16. The van der Waals surface area contributed by atoms with Crippen LogP contribution in [0.3, 0.4) is 0 Å². The Hall–Kier alpha value is -2.25. The molecule has 0 aromatic rings. The molecule has 20 heavy (non-hydrogen) atoms. The average molecular weight is 281 g/mol. The highest BCUT2D eigenvalue weighted by Gasteiger charge is 2.36. The third-order valence-corrected chi connectivity index (χ3v) is 3.34. The molecule has 8 nitrogen and oxygen atoms in total. The number of ketones is 1. The summed E-state index contributed by atoms with van der Waals surface area (Å²) < 4.78 is 4.56. The number of hydrogen-bond donors (Lipinski definition) is 1. The molecule has 2 heterocycles. The number of rotatable bonds is 2. The number of hydrogen-bond acceptors (Lipinski definition) is 6. The molecule has 108 valence electrons. The van der Waals surface area contributed by atoms with Crippen molar-refractivity contribution in [1.82, 2.24) is 10.3 Å². The lowest BCUT2D eigenvalue weighted by molar-refractivity contribution is -0.152. The number of nitrogens with zero attached hydrogens (tertiary/aromatic N) is 2. The lowest BCUT2D eigenvalue weighted by atomic mass is 9.96. The van der Waals surface area contributed by atoms with Crippen LogP contribution in [0.1, 0.15) is 19.3 Å². The zero-order valence-corrected chi connectivity index (χ0v) is 11.0. The molecule has 1 saturated heterocycles. The van der Waals surface area contributed by atoms with Crippen LogP contribution in [0, 0.1) is 5.92 Å². The summed E-state index contributed by atoms with van der Waals surface area (Å²) in [6.07, 6.45) is 0.584. The molecule has 1 N–H and O–H groups in total. The maximum Gasteiger partial charge on any atom is 0.318 e. The van der Waals surface area contributed by atoms with Crippen LogP contribution in [0.5, 0.6) is 0 Å². The van der Waals surface area contributed by atoms with Crippen LogP contribution in [0.15, 0.2) is 5.10 Å². The van der Waals surface area contributed by atoms with Crippen LogP contribution in [-0.4, -0.2) is 54.4 Å². The minimum Gasteiger partial charge on any atom is -0.468 e. The van der Waals surface area contributed by atoms with Crippen molar-refractivity contribution in [2.24, 2.45) is 11.0 Å². The molecule has 8 heteroatoms. The summed E-state index contributed by atoms with van der Waals surface area (Å²) in [5, 5.41) is 3.72. The molecule has 0 aromatic heterocycles. The molecule has 0 aromatic carbocycles.